The second-order valence-corrected chi connectivity index (χ2v) is 12.8. The van der Waals surface area contributed by atoms with Gasteiger partial charge in [0.05, 0.1) is 9.60 Å². The number of anilines is 3. The van der Waals surface area contributed by atoms with Crippen molar-refractivity contribution in [2.24, 2.45) is 0 Å². The Morgan fingerprint density at radius 1 is 0.385 bits per heavy atom. The topological polar surface area (TPSA) is 16.4 Å². The van der Waals surface area contributed by atoms with Gasteiger partial charge in [0.2, 0.25) is 0 Å². The Balaban J connectivity index is 1.14. The van der Waals surface area contributed by atoms with Gasteiger partial charge < -0.3 is 9.32 Å². The van der Waals surface area contributed by atoms with Crippen LogP contribution in [0.15, 0.2) is 204 Å². The number of furan rings is 1. The molecule has 0 aliphatic heterocycles. The van der Waals surface area contributed by atoms with E-state index in [0.717, 1.165) is 39.3 Å². The molecule has 0 amide bonds. The molecule has 9 aromatic carbocycles. The third-order valence-electron chi connectivity index (χ3n) is 9.73. The molecule has 0 atom stereocenters. The fourth-order valence-corrected chi connectivity index (χ4v) is 7.23. The zero-order valence-corrected chi connectivity index (χ0v) is 27.9. The lowest BCUT2D eigenvalue weighted by molar-refractivity contribution is 0.669. The Bertz CT molecular complexity index is 3170. The number of rotatable bonds is 6. The van der Waals surface area contributed by atoms with Crippen LogP contribution < -0.4 is 4.90 Å². The molecule has 2 nitrogen and oxygen atoms in total. The van der Waals surface area contributed by atoms with Crippen molar-refractivity contribution in [3.63, 3.8) is 0 Å². The average molecular weight is 671 g/mol. The summed E-state index contributed by atoms with van der Waals surface area (Å²) in [6.45, 7) is 0. The van der Waals surface area contributed by atoms with E-state index in [1.807, 2.05) is 30.3 Å². The first-order chi connectivity index (χ1) is 28.7. The van der Waals surface area contributed by atoms with Gasteiger partial charge in [-0.15, -0.1) is 0 Å². The molecule has 10 rings (SSSR count). The molecular weight excluding hydrogens is 631 g/mol. The molecule has 0 saturated heterocycles. The van der Waals surface area contributed by atoms with Crippen molar-refractivity contribution in [2.45, 2.75) is 0 Å². The maximum absolute atomic E-state index is 9.41. The van der Waals surface area contributed by atoms with E-state index in [0.29, 0.717) is 5.56 Å². The van der Waals surface area contributed by atoms with Crippen LogP contribution >= 0.6 is 0 Å². The van der Waals surface area contributed by atoms with Crippen LogP contribution in [-0.4, -0.2) is 0 Å². The molecule has 0 spiro atoms. The molecule has 2 heteroatoms. The van der Waals surface area contributed by atoms with Crippen LogP contribution in [-0.2, 0) is 0 Å². The van der Waals surface area contributed by atoms with Gasteiger partial charge in [-0.2, -0.15) is 0 Å². The van der Waals surface area contributed by atoms with Crippen molar-refractivity contribution in [1.29, 1.82) is 0 Å². The highest BCUT2D eigenvalue weighted by Crippen LogP contribution is 2.40. The Labute approximate surface area is 312 Å². The van der Waals surface area contributed by atoms with Crippen LogP contribution in [0, 0.1) is 0 Å². The molecule has 52 heavy (non-hydrogen) atoms. The highest BCUT2D eigenvalue weighted by atomic mass is 16.3. The van der Waals surface area contributed by atoms with Gasteiger partial charge in [0, 0.05) is 27.8 Å². The molecule has 1 aromatic heterocycles. The number of hydrogen-bond donors (Lipinski definition) is 0. The summed E-state index contributed by atoms with van der Waals surface area (Å²) in [5.41, 5.74) is 7.36. The minimum atomic E-state index is -0.464. The summed E-state index contributed by atoms with van der Waals surface area (Å²) < 4.78 is 66.9. The third kappa shape index (κ3) is 5.21. The van der Waals surface area contributed by atoms with E-state index in [9.17, 15) is 1.37 Å². The lowest BCUT2D eigenvalue weighted by Crippen LogP contribution is -2.10. The Hall–Kier alpha value is -6.90. The van der Waals surface area contributed by atoms with Crippen LogP contribution in [0.4, 0.5) is 17.1 Å². The van der Waals surface area contributed by atoms with Crippen molar-refractivity contribution >= 4 is 60.5 Å². The zero-order chi connectivity index (χ0) is 40.5. The smallest absolute Gasteiger partial charge is 0.135 e. The SMILES string of the molecule is [2H]c1c([2H])c([2H])c2c(oc3c([2H])c([2H])c(-c4cccc(N(c5ccc(-c6cccc7ccccc67)cc5)c5ccc(-c6cccc7ccccc67)cc5)c4)c([2H])c32)c1[2H]. The predicted octanol–water partition coefficient (Wildman–Crippen LogP) is 14.4. The Morgan fingerprint density at radius 3 is 1.60 bits per heavy atom. The Kier molecular flexibility index (Phi) is 5.63. The van der Waals surface area contributed by atoms with E-state index >= 15 is 0 Å². The van der Waals surface area contributed by atoms with Gasteiger partial charge in [0.15, 0.2) is 0 Å². The van der Waals surface area contributed by atoms with Crippen molar-refractivity contribution in [3.05, 3.63) is 200 Å². The summed E-state index contributed by atoms with van der Waals surface area (Å²) in [7, 11) is 0. The molecule has 10 aromatic rings. The second-order valence-electron chi connectivity index (χ2n) is 12.8. The maximum atomic E-state index is 9.41. The van der Waals surface area contributed by atoms with E-state index in [4.69, 9.17) is 12.6 Å². The van der Waals surface area contributed by atoms with Gasteiger partial charge in [-0.25, -0.2) is 0 Å². The molecule has 0 bridgehead atoms. The molecule has 0 radical (unpaired) electrons. The van der Waals surface area contributed by atoms with Crippen LogP contribution in [0.2, 0.25) is 0 Å². The molecule has 0 N–H and O–H groups in total. The molecule has 244 valence electrons. The van der Waals surface area contributed by atoms with Crippen LogP contribution in [0.25, 0.3) is 76.9 Å². The Morgan fingerprint density at radius 2 is 0.942 bits per heavy atom. The lowest BCUT2D eigenvalue weighted by atomic mass is 9.97. The predicted molar refractivity (Wildman–Crippen MR) is 220 cm³/mol. The van der Waals surface area contributed by atoms with E-state index in [1.165, 1.54) is 21.5 Å². The maximum Gasteiger partial charge on any atom is 0.135 e. The molecule has 0 unspecified atom stereocenters. The summed E-state index contributed by atoms with van der Waals surface area (Å²) in [4.78, 5) is 2.13. The monoisotopic (exact) mass is 670 g/mol. The van der Waals surface area contributed by atoms with Gasteiger partial charge in [-0.1, -0.05) is 145 Å². The third-order valence-corrected chi connectivity index (χ3v) is 9.73. The largest absolute Gasteiger partial charge is 0.456 e. The van der Waals surface area contributed by atoms with Gasteiger partial charge in [0.1, 0.15) is 11.2 Å². The highest BCUT2D eigenvalue weighted by Gasteiger charge is 2.16. The molecule has 0 fully saturated rings. The van der Waals surface area contributed by atoms with Crippen molar-refractivity contribution < 1.29 is 14.0 Å². The molecule has 1 heterocycles. The van der Waals surface area contributed by atoms with E-state index in [-0.39, 0.29) is 57.7 Å². The van der Waals surface area contributed by atoms with Gasteiger partial charge in [-0.3, -0.25) is 0 Å². The normalized spacial score (nSPS) is 13.3. The summed E-state index contributed by atoms with van der Waals surface area (Å²) in [6, 6.07) is 51.3. The number of nitrogens with zero attached hydrogens (tertiary/aromatic N) is 1. The van der Waals surface area contributed by atoms with Gasteiger partial charge >= 0.3 is 0 Å². The van der Waals surface area contributed by atoms with E-state index in [1.54, 1.807) is 6.07 Å². The first-order valence-electron chi connectivity index (χ1n) is 20.7. The lowest BCUT2D eigenvalue weighted by Gasteiger charge is -2.26. The van der Waals surface area contributed by atoms with E-state index in [2.05, 4.69) is 126 Å². The summed E-state index contributed by atoms with van der Waals surface area (Å²) in [5.74, 6) is 0. The minimum absolute atomic E-state index is 0.0288. The second kappa shape index (κ2) is 12.5. The first kappa shape index (κ1) is 23.5. The van der Waals surface area contributed by atoms with Gasteiger partial charge in [-0.05, 0) is 109 Å². The van der Waals surface area contributed by atoms with E-state index < -0.39 is 12.1 Å². The number of benzene rings is 9. The first-order valence-corrected chi connectivity index (χ1v) is 17.2. The minimum Gasteiger partial charge on any atom is -0.456 e. The van der Waals surface area contributed by atoms with Crippen LogP contribution in [0.1, 0.15) is 9.60 Å². The number of para-hydroxylation sites is 1. The molecule has 0 aliphatic rings. The average Bonchev–Trinajstić information content (AvgIpc) is 3.69. The summed E-state index contributed by atoms with van der Waals surface area (Å²) in [5, 5.41) is 4.78. The molecular formula is C50H33NO. The standard InChI is InChI=1S/C50H33NO/c1-3-16-43-34(10-1)12-8-19-45(43)36-22-27-40(28-23-36)51(41-29-24-37(25-30-41)46-20-9-13-35-11-2-4-17-44(35)46)42-15-7-14-38(32-42)39-26-31-50-48(33-39)47-18-5-6-21-49(47)52-50/h1-33H/i5D,6D,18D,21D,26D,31D,33D. The molecule has 0 aliphatic carbocycles. The summed E-state index contributed by atoms with van der Waals surface area (Å²) in [6.07, 6.45) is 0. The van der Waals surface area contributed by atoms with Crippen molar-refractivity contribution in [2.75, 3.05) is 4.90 Å². The molecule has 0 saturated carbocycles. The highest BCUT2D eigenvalue weighted by molar-refractivity contribution is 6.06. The van der Waals surface area contributed by atoms with Crippen molar-refractivity contribution in [3.8, 4) is 33.4 Å². The van der Waals surface area contributed by atoms with Crippen LogP contribution in [0.3, 0.4) is 0 Å². The summed E-state index contributed by atoms with van der Waals surface area (Å²) >= 11 is 0. The van der Waals surface area contributed by atoms with Gasteiger partial charge in [0.25, 0.3) is 0 Å². The fourth-order valence-electron chi connectivity index (χ4n) is 7.23. The van der Waals surface area contributed by atoms with Crippen LogP contribution in [0.5, 0.6) is 0 Å². The van der Waals surface area contributed by atoms with Crippen molar-refractivity contribution in [1.82, 2.24) is 0 Å². The fraction of sp³-hybridized carbons (Fsp3) is 0. The quantitative estimate of drug-likeness (QED) is 0.175. The number of fused-ring (bicyclic) bond motifs is 5. The number of hydrogen-bond acceptors (Lipinski definition) is 2. The zero-order valence-electron chi connectivity index (χ0n) is 34.9.